The van der Waals surface area contributed by atoms with Gasteiger partial charge in [0.1, 0.15) is 0 Å². The predicted molar refractivity (Wildman–Crippen MR) is 61.0 cm³/mol. The minimum absolute atomic E-state index is 0.173. The number of aromatic nitrogens is 2. The van der Waals surface area contributed by atoms with Crippen molar-refractivity contribution in [3.05, 3.63) is 18.0 Å². The van der Waals surface area contributed by atoms with Crippen molar-refractivity contribution in [2.24, 2.45) is 5.92 Å². The Bertz CT molecular complexity index is 376. The zero-order valence-corrected chi connectivity index (χ0v) is 9.36. The Morgan fingerprint density at radius 1 is 1.50 bits per heavy atom. The van der Waals surface area contributed by atoms with Gasteiger partial charge >= 0.3 is 0 Å². The molecule has 86 valence electrons. The van der Waals surface area contributed by atoms with Crippen molar-refractivity contribution < 1.29 is 4.79 Å². The van der Waals surface area contributed by atoms with Gasteiger partial charge in [-0.25, -0.2) is 9.97 Å². The van der Waals surface area contributed by atoms with Crippen LogP contribution in [0.25, 0.3) is 0 Å². The van der Waals surface area contributed by atoms with Gasteiger partial charge in [-0.1, -0.05) is 0 Å². The Morgan fingerprint density at radius 3 is 3.00 bits per heavy atom. The smallest absolute Gasteiger partial charge is 0.223 e. The van der Waals surface area contributed by atoms with Crippen molar-refractivity contribution in [1.29, 1.82) is 0 Å². The highest BCUT2D eigenvalue weighted by atomic mass is 16.2. The molecular formula is C11H16N4O. The number of amides is 1. The summed E-state index contributed by atoms with van der Waals surface area (Å²) >= 11 is 0. The van der Waals surface area contributed by atoms with Gasteiger partial charge in [-0.15, -0.1) is 0 Å². The summed E-state index contributed by atoms with van der Waals surface area (Å²) in [5, 5.41) is 5.94. The third kappa shape index (κ3) is 3.18. The van der Waals surface area contributed by atoms with Crippen molar-refractivity contribution in [2.45, 2.75) is 19.8 Å². The van der Waals surface area contributed by atoms with Crippen LogP contribution in [0.3, 0.4) is 0 Å². The number of hydrogen-bond acceptors (Lipinski definition) is 4. The standard InChI is InChI=1S/C11H16N4O/c1-8-4-5-13-11(15-8)14-7-6-12-10(16)9-2-3-9/h4-5,9H,2-3,6-7H2,1H3,(H,12,16)(H,13,14,15). The van der Waals surface area contributed by atoms with Crippen LogP contribution in [0.15, 0.2) is 12.3 Å². The van der Waals surface area contributed by atoms with Crippen LogP contribution in [0.5, 0.6) is 0 Å². The molecule has 1 aliphatic rings. The first kappa shape index (κ1) is 10.9. The lowest BCUT2D eigenvalue weighted by Crippen LogP contribution is -2.30. The van der Waals surface area contributed by atoms with Crippen LogP contribution in [-0.4, -0.2) is 29.0 Å². The monoisotopic (exact) mass is 220 g/mol. The Kier molecular flexibility index (Phi) is 3.34. The average molecular weight is 220 g/mol. The molecule has 1 aromatic heterocycles. The molecule has 2 N–H and O–H groups in total. The van der Waals surface area contributed by atoms with E-state index in [1.165, 1.54) is 0 Å². The van der Waals surface area contributed by atoms with Crippen LogP contribution in [0, 0.1) is 12.8 Å². The largest absolute Gasteiger partial charge is 0.354 e. The molecule has 0 spiro atoms. The molecule has 0 unspecified atom stereocenters. The first-order valence-corrected chi connectivity index (χ1v) is 5.57. The molecular weight excluding hydrogens is 204 g/mol. The van der Waals surface area contributed by atoms with Gasteiger partial charge < -0.3 is 10.6 Å². The van der Waals surface area contributed by atoms with Gasteiger partial charge in [0, 0.05) is 30.9 Å². The second kappa shape index (κ2) is 4.92. The molecule has 1 amide bonds. The van der Waals surface area contributed by atoms with Crippen molar-refractivity contribution in [3.63, 3.8) is 0 Å². The fourth-order valence-electron chi connectivity index (χ4n) is 1.38. The highest BCUT2D eigenvalue weighted by Crippen LogP contribution is 2.28. The number of nitrogens with zero attached hydrogens (tertiary/aromatic N) is 2. The summed E-state index contributed by atoms with van der Waals surface area (Å²) < 4.78 is 0. The predicted octanol–water partition coefficient (Wildman–Crippen LogP) is 0.723. The Hall–Kier alpha value is -1.65. The van der Waals surface area contributed by atoms with Gasteiger partial charge in [0.05, 0.1) is 0 Å². The van der Waals surface area contributed by atoms with E-state index in [1.54, 1.807) is 6.20 Å². The molecule has 0 atom stereocenters. The third-order valence-corrected chi connectivity index (χ3v) is 2.45. The van der Waals surface area contributed by atoms with Crippen LogP contribution >= 0.6 is 0 Å². The lowest BCUT2D eigenvalue weighted by Gasteiger charge is -2.06. The molecule has 0 aromatic carbocycles. The molecule has 1 saturated carbocycles. The van der Waals surface area contributed by atoms with Crippen LogP contribution in [-0.2, 0) is 4.79 Å². The number of aryl methyl sites for hydroxylation is 1. The molecule has 1 fully saturated rings. The average Bonchev–Trinajstić information content (AvgIpc) is 3.08. The Labute approximate surface area is 94.7 Å². The van der Waals surface area contributed by atoms with Crippen molar-refractivity contribution in [2.75, 3.05) is 18.4 Å². The maximum atomic E-state index is 11.3. The van der Waals surface area contributed by atoms with Crippen LogP contribution in [0.1, 0.15) is 18.5 Å². The van der Waals surface area contributed by atoms with Gasteiger partial charge in [0.15, 0.2) is 0 Å². The molecule has 0 bridgehead atoms. The number of nitrogens with one attached hydrogen (secondary N) is 2. The van der Waals surface area contributed by atoms with E-state index < -0.39 is 0 Å². The fourth-order valence-corrected chi connectivity index (χ4v) is 1.38. The normalized spacial score (nSPS) is 14.6. The summed E-state index contributed by atoms with van der Waals surface area (Å²) in [6.07, 6.45) is 3.80. The van der Waals surface area contributed by atoms with Crippen LogP contribution in [0.2, 0.25) is 0 Å². The van der Waals surface area contributed by atoms with E-state index in [0.717, 1.165) is 18.5 Å². The molecule has 2 rings (SSSR count). The van der Waals surface area contributed by atoms with E-state index in [4.69, 9.17) is 0 Å². The Balaban J connectivity index is 1.65. The number of carbonyl (C=O) groups excluding carboxylic acids is 1. The lowest BCUT2D eigenvalue weighted by atomic mass is 10.4. The molecule has 1 aliphatic carbocycles. The summed E-state index contributed by atoms with van der Waals surface area (Å²) in [4.78, 5) is 19.6. The maximum Gasteiger partial charge on any atom is 0.223 e. The fraction of sp³-hybridized carbons (Fsp3) is 0.545. The Morgan fingerprint density at radius 2 is 2.31 bits per heavy atom. The SMILES string of the molecule is Cc1ccnc(NCCNC(=O)C2CC2)n1. The minimum atomic E-state index is 0.173. The van der Waals surface area contributed by atoms with E-state index in [0.29, 0.717) is 19.0 Å². The van der Waals surface area contributed by atoms with Crippen molar-refractivity contribution >= 4 is 11.9 Å². The highest BCUT2D eigenvalue weighted by Gasteiger charge is 2.28. The highest BCUT2D eigenvalue weighted by molar-refractivity contribution is 5.80. The second-order valence-electron chi connectivity index (χ2n) is 4.01. The molecule has 0 radical (unpaired) electrons. The molecule has 0 aliphatic heterocycles. The number of rotatable bonds is 5. The van der Waals surface area contributed by atoms with Crippen LogP contribution < -0.4 is 10.6 Å². The minimum Gasteiger partial charge on any atom is -0.354 e. The molecule has 16 heavy (non-hydrogen) atoms. The quantitative estimate of drug-likeness (QED) is 0.718. The van der Waals surface area contributed by atoms with E-state index in [-0.39, 0.29) is 11.8 Å². The van der Waals surface area contributed by atoms with Gasteiger partial charge in [0.2, 0.25) is 11.9 Å². The molecule has 5 heteroatoms. The first-order chi connectivity index (χ1) is 7.75. The molecule has 5 nitrogen and oxygen atoms in total. The summed E-state index contributed by atoms with van der Waals surface area (Å²) in [5.41, 5.74) is 0.930. The second-order valence-corrected chi connectivity index (χ2v) is 4.01. The molecule has 1 heterocycles. The van der Waals surface area contributed by atoms with Crippen LogP contribution in [0.4, 0.5) is 5.95 Å². The number of anilines is 1. The van der Waals surface area contributed by atoms with E-state index in [1.807, 2.05) is 13.0 Å². The van der Waals surface area contributed by atoms with E-state index in [9.17, 15) is 4.79 Å². The molecule has 0 saturated heterocycles. The van der Waals surface area contributed by atoms with E-state index in [2.05, 4.69) is 20.6 Å². The number of hydrogen-bond donors (Lipinski definition) is 2. The zero-order valence-electron chi connectivity index (χ0n) is 9.36. The van der Waals surface area contributed by atoms with Gasteiger partial charge in [0.25, 0.3) is 0 Å². The summed E-state index contributed by atoms with van der Waals surface area (Å²) in [6.45, 7) is 3.19. The van der Waals surface area contributed by atoms with E-state index >= 15 is 0 Å². The first-order valence-electron chi connectivity index (χ1n) is 5.57. The molecule has 1 aromatic rings. The van der Waals surface area contributed by atoms with Gasteiger partial charge in [-0.3, -0.25) is 4.79 Å². The number of carbonyl (C=O) groups is 1. The summed E-state index contributed by atoms with van der Waals surface area (Å²) in [5.74, 6) is 1.06. The summed E-state index contributed by atoms with van der Waals surface area (Å²) in [7, 11) is 0. The lowest BCUT2D eigenvalue weighted by molar-refractivity contribution is -0.122. The topological polar surface area (TPSA) is 66.9 Å². The zero-order chi connectivity index (χ0) is 11.4. The van der Waals surface area contributed by atoms with Crippen molar-refractivity contribution in [1.82, 2.24) is 15.3 Å². The van der Waals surface area contributed by atoms with Crippen molar-refractivity contribution in [3.8, 4) is 0 Å². The van der Waals surface area contributed by atoms with Gasteiger partial charge in [-0.2, -0.15) is 0 Å². The maximum absolute atomic E-state index is 11.3. The van der Waals surface area contributed by atoms with Gasteiger partial charge in [-0.05, 0) is 25.8 Å². The third-order valence-electron chi connectivity index (χ3n) is 2.45. The summed E-state index contributed by atoms with van der Waals surface area (Å²) in [6, 6.07) is 1.85.